The number of hydrogen-bond acceptors (Lipinski definition) is 6. The zero-order chi connectivity index (χ0) is 13.8. The molecule has 2 rings (SSSR count). The molecule has 0 aromatic carbocycles. The van der Waals surface area contributed by atoms with E-state index in [2.05, 4.69) is 4.98 Å². The van der Waals surface area contributed by atoms with Crippen molar-refractivity contribution in [2.45, 2.75) is 18.9 Å². The Morgan fingerprint density at radius 3 is 2.50 bits per heavy atom. The molecule has 18 heavy (non-hydrogen) atoms. The fourth-order valence-electron chi connectivity index (χ4n) is 1.77. The lowest BCUT2D eigenvalue weighted by Crippen LogP contribution is -2.58. The largest absolute Gasteiger partial charge is 0.339 e. The molecule has 1 atom stereocenters. The molecule has 0 spiro atoms. The maximum Gasteiger partial charge on any atom is 0.222 e. The van der Waals surface area contributed by atoms with E-state index in [4.69, 9.17) is 18.6 Å². The van der Waals surface area contributed by atoms with Crippen molar-refractivity contribution >= 4 is 5.91 Å². The summed E-state index contributed by atoms with van der Waals surface area (Å²) < 4.78 is 32.7. The zero-order valence-electron chi connectivity index (χ0n) is 9.65. The average Bonchev–Trinajstić information content (AvgIpc) is 2.59. The van der Waals surface area contributed by atoms with Crippen molar-refractivity contribution in [3.05, 3.63) is 30.1 Å². The third-order valence-electron chi connectivity index (χ3n) is 2.56. The molecular weight excluding hydrogens is 264 g/mol. The number of nitrogens with zero attached hydrogens (tertiary/aromatic N) is 2. The summed E-state index contributed by atoms with van der Waals surface area (Å²) in [5.74, 6) is 0.230. The lowest BCUT2D eigenvalue weighted by Gasteiger charge is -2.19. The van der Waals surface area contributed by atoms with E-state index in [0.29, 0.717) is 6.42 Å². The predicted octanol–water partition coefficient (Wildman–Crippen LogP) is -2.75. The van der Waals surface area contributed by atoms with Gasteiger partial charge < -0.3 is 4.90 Å². The Morgan fingerprint density at radius 2 is 2.11 bits per heavy atom. The monoisotopic (exact) mass is 276 g/mol. The summed E-state index contributed by atoms with van der Waals surface area (Å²) in [5.41, 5.74) is 1.14. The first kappa shape index (κ1) is 14.8. The van der Waals surface area contributed by atoms with E-state index < -0.39 is 10.2 Å². The molecule has 100 valence electrons. The van der Waals surface area contributed by atoms with Crippen molar-refractivity contribution in [3.8, 4) is 0 Å². The number of likely N-dealkylation sites (tertiary alicyclic amines) is 1. The summed E-state index contributed by atoms with van der Waals surface area (Å²) in [7, 11) is -2.84. The van der Waals surface area contributed by atoms with Crippen molar-refractivity contribution in [1.82, 2.24) is 9.88 Å². The van der Waals surface area contributed by atoms with Gasteiger partial charge in [-0.05, 0) is 18.1 Å². The van der Waals surface area contributed by atoms with Crippen LogP contribution in [-0.2, 0) is 4.79 Å². The minimum Gasteiger partial charge on any atom is -0.339 e. The number of carbonyl (C=O) groups excluding carboxylic acids is 1. The summed E-state index contributed by atoms with van der Waals surface area (Å²) >= 11 is 0. The third-order valence-corrected chi connectivity index (χ3v) is 2.56. The van der Waals surface area contributed by atoms with Gasteiger partial charge in [-0.3, -0.25) is 9.78 Å². The number of amides is 1. The van der Waals surface area contributed by atoms with Gasteiger partial charge in [-0.25, -0.2) is 0 Å². The van der Waals surface area contributed by atoms with Gasteiger partial charge >= 0.3 is 0 Å². The van der Waals surface area contributed by atoms with Crippen molar-refractivity contribution in [1.29, 1.82) is 0 Å². The molecule has 2 heterocycles. The minimum absolute atomic E-state index is 0.230. The second kappa shape index (κ2) is 6.07. The van der Waals surface area contributed by atoms with Crippen LogP contribution >= 0.6 is 0 Å². The fourth-order valence-corrected chi connectivity index (χ4v) is 1.77. The summed E-state index contributed by atoms with van der Waals surface area (Å²) in [6.45, 7) is 0. The number of halogens is 1. The normalized spacial score (nSPS) is 19.5. The molecule has 8 heteroatoms. The molecule has 0 bridgehead atoms. The lowest BCUT2D eigenvalue weighted by molar-refractivity contribution is -1.92. The molecule has 1 N–H and O–H groups in total. The van der Waals surface area contributed by atoms with Crippen LogP contribution in [0.15, 0.2) is 24.5 Å². The molecular formula is C10H13ClN2O5. The number of rotatable bonds is 1. The molecule has 1 aromatic heterocycles. The molecule has 0 aliphatic carbocycles. The standard InChI is InChI=1S/C10H12N2O.ClHO4/c1-12-9(4-5-10(12)13)8-3-2-6-11-7-8;2-1(3,4)5/h2-3,6-7,9H,4-5H2,1H3;(H,2,3,4,5)/t9-;/m0./s1. The third kappa shape index (κ3) is 4.94. The fraction of sp³-hybridized carbons (Fsp3) is 0.400. The van der Waals surface area contributed by atoms with Crippen LogP contribution in [0.25, 0.3) is 0 Å². The van der Waals surface area contributed by atoms with Gasteiger partial charge in [-0.2, -0.15) is 14.0 Å². The van der Waals surface area contributed by atoms with Gasteiger partial charge in [0.15, 0.2) is 0 Å². The van der Waals surface area contributed by atoms with Crippen LogP contribution in [0.4, 0.5) is 0 Å². The van der Waals surface area contributed by atoms with Gasteiger partial charge in [0.1, 0.15) is 0 Å². The molecule has 1 saturated heterocycles. The molecule has 0 unspecified atom stereocenters. The van der Waals surface area contributed by atoms with Crippen LogP contribution in [-0.4, -0.2) is 27.5 Å². The first-order valence-corrected chi connectivity index (χ1v) is 6.34. The Morgan fingerprint density at radius 1 is 1.50 bits per heavy atom. The summed E-state index contributed by atoms with van der Waals surface area (Å²) in [5, 5.41) is 0. The Bertz CT molecular complexity index is 389. The van der Waals surface area contributed by atoms with Crippen LogP contribution in [0.2, 0.25) is 0 Å². The van der Waals surface area contributed by atoms with E-state index in [1.807, 2.05) is 25.4 Å². The van der Waals surface area contributed by atoms with E-state index in [1.165, 1.54) is 0 Å². The van der Waals surface area contributed by atoms with Gasteiger partial charge in [0.25, 0.3) is 0 Å². The molecule has 1 aliphatic rings. The average molecular weight is 277 g/mol. The van der Waals surface area contributed by atoms with Gasteiger partial charge in [0, 0.05) is 25.9 Å². The maximum absolute atomic E-state index is 11.3. The molecule has 1 fully saturated rings. The second-order valence-corrected chi connectivity index (χ2v) is 4.53. The number of carbonyl (C=O) groups is 1. The van der Waals surface area contributed by atoms with Crippen LogP contribution < -0.4 is 14.0 Å². The highest BCUT2D eigenvalue weighted by atomic mass is 35.7. The summed E-state index contributed by atoms with van der Waals surface area (Å²) in [6.07, 6.45) is 5.16. The van der Waals surface area contributed by atoms with Crippen molar-refractivity contribution < 1.29 is 33.7 Å². The molecule has 0 radical (unpaired) electrons. The maximum atomic E-state index is 11.3. The Kier molecular flexibility index (Phi) is 5.00. The van der Waals surface area contributed by atoms with Crippen LogP contribution in [0.1, 0.15) is 24.4 Å². The Balaban J connectivity index is 0.000000280. The van der Waals surface area contributed by atoms with Crippen molar-refractivity contribution in [2.24, 2.45) is 0 Å². The number of pyridine rings is 1. The Labute approximate surface area is 106 Å². The SMILES string of the molecule is CN1C(=O)CC[C@H]1c1cccnc1.[O-][Cl+3]([O-])([O-])O. The lowest BCUT2D eigenvalue weighted by atomic mass is 10.1. The predicted molar refractivity (Wildman–Crippen MR) is 51.2 cm³/mol. The number of hydrogen-bond donors (Lipinski definition) is 1. The summed E-state index contributed by atoms with van der Waals surface area (Å²) in [6, 6.07) is 4.17. The molecule has 1 amide bonds. The highest BCUT2D eigenvalue weighted by Crippen LogP contribution is 2.30. The topological polar surface area (TPSA) is 123 Å². The van der Waals surface area contributed by atoms with Crippen molar-refractivity contribution in [3.63, 3.8) is 0 Å². The molecule has 7 nitrogen and oxygen atoms in total. The quantitative estimate of drug-likeness (QED) is 0.593. The first-order valence-electron chi connectivity index (χ1n) is 5.08. The highest BCUT2D eigenvalue weighted by molar-refractivity contribution is 5.78. The van der Waals surface area contributed by atoms with Crippen LogP contribution in [0, 0.1) is 10.2 Å². The smallest absolute Gasteiger partial charge is 0.222 e. The Hall–Kier alpha value is -1.25. The van der Waals surface area contributed by atoms with E-state index in [1.54, 1.807) is 11.1 Å². The van der Waals surface area contributed by atoms with Crippen LogP contribution in [0.5, 0.6) is 0 Å². The van der Waals surface area contributed by atoms with E-state index in [0.717, 1.165) is 12.0 Å². The van der Waals surface area contributed by atoms with E-state index in [9.17, 15) is 4.79 Å². The second-order valence-electron chi connectivity index (χ2n) is 3.74. The minimum atomic E-state index is -4.69. The van der Waals surface area contributed by atoms with Gasteiger partial charge in [0.05, 0.1) is 20.9 Å². The van der Waals surface area contributed by atoms with Crippen molar-refractivity contribution in [2.75, 3.05) is 7.05 Å². The molecule has 0 saturated carbocycles. The van der Waals surface area contributed by atoms with Gasteiger partial charge in [-0.15, -0.1) is 0 Å². The number of aromatic nitrogens is 1. The van der Waals surface area contributed by atoms with Gasteiger partial charge in [0.2, 0.25) is 5.91 Å². The highest BCUT2D eigenvalue weighted by Gasteiger charge is 2.28. The first-order chi connectivity index (χ1) is 8.29. The molecule has 1 aliphatic heterocycles. The zero-order valence-corrected chi connectivity index (χ0v) is 10.4. The molecule has 1 aromatic rings. The van der Waals surface area contributed by atoms with E-state index >= 15 is 0 Å². The van der Waals surface area contributed by atoms with Gasteiger partial charge in [-0.1, -0.05) is 6.07 Å². The van der Waals surface area contributed by atoms with Crippen LogP contribution in [0.3, 0.4) is 0 Å². The van der Waals surface area contributed by atoms with E-state index in [-0.39, 0.29) is 11.9 Å². The summed E-state index contributed by atoms with van der Waals surface area (Å²) in [4.78, 5) is 17.1.